The van der Waals surface area contributed by atoms with Gasteiger partial charge >= 0.3 is 0 Å². The van der Waals surface area contributed by atoms with Gasteiger partial charge in [0.15, 0.2) is 0 Å². The lowest BCUT2D eigenvalue weighted by Crippen LogP contribution is -2.16. The second-order valence-corrected chi connectivity index (χ2v) is 9.82. The minimum Gasteiger partial charge on any atom is -0.303 e. The Balaban J connectivity index is 2.51. The number of carbonyl (C=O) groups is 2. The maximum atomic E-state index is 12.3. The summed E-state index contributed by atoms with van der Waals surface area (Å²) >= 11 is 1.70. The third-order valence-electron chi connectivity index (χ3n) is 3.67. The zero-order valence-electron chi connectivity index (χ0n) is 14.3. The molecule has 0 saturated carbocycles. The molecule has 0 spiro atoms. The standard InChI is InChI=1S/C18H26O3S2/c1-17(2,13-19)9-11-22-15-5-7-16(8-6-15)23(21)12-10-18(3,4)14-20/h5-8,13-14H,9-12H2,1-4H3. The number of thioether (sulfide) groups is 1. The van der Waals surface area contributed by atoms with Crippen LogP contribution in [0.15, 0.2) is 34.1 Å². The van der Waals surface area contributed by atoms with E-state index in [4.69, 9.17) is 0 Å². The van der Waals surface area contributed by atoms with Crippen LogP contribution in [0.1, 0.15) is 40.5 Å². The summed E-state index contributed by atoms with van der Waals surface area (Å²) in [5.74, 6) is 1.37. The first-order valence-electron chi connectivity index (χ1n) is 7.73. The second-order valence-electron chi connectivity index (χ2n) is 7.08. The van der Waals surface area contributed by atoms with Gasteiger partial charge in [-0.05, 0) is 42.9 Å². The van der Waals surface area contributed by atoms with Gasteiger partial charge in [0.05, 0.1) is 10.8 Å². The van der Waals surface area contributed by atoms with Gasteiger partial charge in [0.2, 0.25) is 0 Å². The lowest BCUT2D eigenvalue weighted by Gasteiger charge is -2.16. The largest absolute Gasteiger partial charge is 0.303 e. The van der Waals surface area contributed by atoms with Crippen LogP contribution in [0.3, 0.4) is 0 Å². The van der Waals surface area contributed by atoms with E-state index < -0.39 is 16.2 Å². The minimum absolute atomic E-state index is 0.278. The molecule has 1 aromatic rings. The Bertz CT molecular complexity index is 548. The van der Waals surface area contributed by atoms with Crippen LogP contribution in [0.25, 0.3) is 0 Å². The first-order chi connectivity index (χ1) is 10.7. The van der Waals surface area contributed by atoms with Crippen LogP contribution in [-0.2, 0) is 20.4 Å². The molecule has 0 N–H and O–H groups in total. The Labute approximate surface area is 146 Å². The fourth-order valence-electron chi connectivity index (χ4n) is 1.71. The lowest BCUT2D eigenvalue weighted by atomic mass is 9.93. The molecule has 3 nitrogen and oxygen atoms in total. The quantitative estimate of drug-likeness (QED) is 0.468. The van der Waals surface area contributed by atoms with Gasteiger partial charge in [0, 0.05) is 26.4 Å². The van der Waals surface area contributed by atoms with Crippen molar-refractivity contribution in [1.82, 2.24) is 0 Å². The lowest BCUT2D eigenvalue weighted by molar-refractivity contribution is -0.115. The van der Waals surface area contributed by atoms with Gasteiger partial charge in [-0.15, -0.1) is 11.8 Å². The molecular weight excluding hydrogens is 328 g/mol. The Morgan fingerprint density at radius 2 is 1.48 bits per heavy atom. The number of hydrogen-bond donors (Lipinski definition) is 0. The molecular formula is C18H26O3S2. The van der Waals surface area contributed by atoms with Crippen LogP contribution < -0.4 is 0 Å². The highest BCUT2D eigenvalue weighted by Gasteiger charge is 2.18. The molecule has 128 valence electrons. The van der Waals surface area contributed by atoms with E-state index >= 15 is 0 Å². The van der Waals surface area contributed by atoms with Crippen molar-refractivity contribution in [3.8, 4) is 0 Å². The number of hydrogen-bond acceptors (Lipinski definition) is 4. The highest BCUT2D eigenvalue weighted by atomic mass is 32.2. The van der Waals surface area contributed by atoms with Crippen LogP contribution in [0, 0.1) is 10.8 Å². The summed E-state index contributed by atoms with van der Waals surface area (Å²) in [6.45, 7) is 7.59. The Kier molecular flexibility index (Phi) is 7.68. The van der Waals surface area contributed by atoms with Gasteiger partial charge in [-0.2, -0.15) is 0 Å². The van der Waals surface area contributed by atoms with Crippen molar-refractivity contribution in [3.05, 3.63) is 24.3 Å². The molecule has 1 unspecified atom stereocenters. The zero-order valence-corrected chi connectivity index (χ0v) is 16.0. The molecule has 0 aromatic heterocycles. The van der Waals surface area contributed by atoms with Gasteiger partial charge in [0.25, 0.3) is 0 Å². The van der Waals surface area contributed by atoms with E-state index in [1.807, 2.05) is 52.0 Å². The van der Waals surface area contributed by atoms with E-state index in [9.17, 15) is 13.8 Å². The molecule has 0 bridgehead atoms. The summed E-state index contributed by atoms with van der Waals surface area (Å²) in [6, 6.07) is 7.71. The number of rotatable bonds is 10. The summed E-state index contributed by atoms with van der Waals surface area (Å²) in [7, 11) is -1.08. The summed E-state index contributed by atoms with van der Waals surface area (Å²) in [5.41, 5.74) is -0.698. The third kappa shape index (κ3) is 7.44. The molecule has 0 aliphatic carbocycles. The summed E-state index contributed by atoms with van der Waals surface area (Å²) < 4.78 is 12.3. The predicted octanol–water partition coefficient (Wildman–Crippen LogP) is 4.12. The predicted molar refractivity (Wildman–Crippen MR) is 97.4 cm³/mol. The topological polar surface area (TPSA) is 51.2 Å². The zero-order chi connectivity index (χ0) is 17.5. The number of carbonyl (C=O) groups excluding carboxylic acids is 2. The first-order valence-corrected chi connectivity index (χ1v) is 10.0. The SMILES string of the molecule is CC(C)(C=O)CCSc1ccc(S(=O)CCC(C)(C)C=O)cc1. The van der Waals surface area contributed by atoms with Gasteiger partial charge < -0.3 is 9.59 Å². The van der Waals surface area contributed by atoms with Crippen LogP contribution in [0.2, 0.25) is 0 Å². The van der Waals surface area contributed by atoms with Crippen LogP contribution in [0.4, 0.5) is 0 Å². The second kappa shape index (κ2) is 8.78. The maximum absolute atomic E-state index is 12.3. The molecule has 1 rings (SSSR count). The van der Waals surface area contributed by atoms with Crippen LogP contribution in [0.5, 0.6) is 0 Å². The molecule has 1 atom stereocenters. The van der Waals surface area contributed by atoms with Crippen molar-refractivity contribution in [2.75, 3.05) is 11.5 Å². The van der Waals surface area contributed by atoms with E-state index in [1.165, 1.54) is 0 Å². The third-order valence-corrected chi connectivity index (χ3v) is 6.06. The smallest absolute Gasteiger partial charge is 0.125 e. The van der Waals surface area contributed by atoms with Crippen LogP contribution >= 0.6 is 11.8 Å². The van der Waals surface area contributed by atoms with Crippen molar-refractivity contribution in [2.45, 2.75) is 50.3 Å². The Morgan fingerprint density at radius 1 is 0.957 bits per heavy atom. The highest BCUT2D eigenvalue weighted by Crippen LogP contribution is 2.26. The number of aldehydes is 2. The van der Waals surface area contributed by atoms with Gasteiger partial charge in [-0.1, -0.05) is 27.7 Å². The van der Waals surface area contributed by atoms with Crippen molar-refractivity contribution < 1.29 is 13.8 Å². The van der Waals surface area contributed by atoms with Crippen LogP contribution in [-0.4, -0.2) is 28.3 Å². The monoisotopic (exact) mass is 354 g/mol. The summed E-state index contributed by atoms with van der Waals surface area (Å²) in [6.07, 6.45) is 3.36. The first kappa shape index (κ1) is 20.1. The van der Waals surface area contributed by atoms with Crippen molar-refractivity contribution in [2.24, 2.45) is 10.8 Å². The van der Waals surface area contributed by atoms with Crippen molar-refractivity contribution in [3.63, 3.8) is 0 Å². The molecule has 23 heavy (non-hydrogen) atoms. The number of benzene rings is 1. The molecule has 5 heteroatoms. The van der Waals surface area contributed by atoms with E-state index in [0.29, 0.717) is 12.2 Å². The molecule has 0 saturated heterocycles. The molecule has 0 amide bonds. The average molecular weight is 355 g/mol. The maximum Gasteiger partial charge on any atom is 0.125 e. The molecule has 0 aliphatic heterocycles. The fourth-order valence-corrected chi connectivity index (χ4v) is 4.29. The molecule has 0 fully saturated rings. The molecule has 1 aromatic carbocycles. The average Bonchev–Trinajstić information content (AvgIpc) is 2.53. The fraction of sp³-hybridized carbons (Fsp3) is 0.556. The molecule has 0 radical (unpaired) electrons. The minimum atomic E-state index is -1.08. The van der Waals surface area contributed by atoms with Crippen molar-refractivity contribution >= 4 is 35.1 Å². The van der Waals surface area contributed by atoms with Gasteiger partial charge in [0.1, 0.15) is 12.6 Å². The molecule has 0 aliphatic rings. The van der Waals surface area contributed by atoms with E-state index in [-0.39, 0.29) is 5.41 Å². The van der Waals surface area contributed by atoms with Crippen molar-refractivity contribution in [1.29, 1.82) is 0 Å². The van der Waals surface area contributed by atoms with Gasteiger partial charge in [-0.25, -0.2) is 0 Å². The van der Waals surface area contributed by atoms with Gasteiger partial charge in [-0.3, -0.25) is 4.21 Å². The normalized spacial score (nSPS) is 13.6. The van der Waals surface area contributed by atoms with E-state index in [2.05, 4.69) is 0 Å². The highest BCUT2D eigenvalue weighted by molar-refractivity contribution is 7.99. The Morgan fingerprint density at radius 3 is 2.00 bits per heavy atom. The summed E-state index contributed by atoms with van der Waals surface area (Å²) in [5, 5.41) is 0. The van der Waals surface area contributed by atoms with E-state index in [1.54, 1.807) is 11.8 Å². The summed E-state index contributed by atoms with van der Waals surface area (Å²) in [4.78, 5) is 23.7. The van der Waals surface area contributed by atoms with E-state index in [0.717, 1.165) is 34.5 Å². The Hall–Kier alpha value is -0.940. The molecule has 0 heterocycles.